The summed E-state index contributed by atoms with van der Waals surface area (Å²) in [5.41, 5.74) is 4.09. The summed E-state index contributed by atoms with van der Waals surface area (Å²) in [5, 5.41) is 5.07. The normalized spacial score (nSPS) is 10.9. The Hall–Kier alpha value is -3.51. The molecule has 3 aromatic heterocycles. The van der Waals surface area contributed by atoms with E-state index in [0.717, 1.165) is 11.3 Å². The van der Waals surface area contributed by atoms with Crippen LogP contribution in [-0.2, 0) is 13.5 Å². The molecular weight excluding hydrogens is 400 g/mol. The summed E-state index contributed by atoms with van der Waals surface area (Å²) in [6.07, 6.45) is 3.71. The van der Waals surface area contributed by atoms with Gasteiger partial charge in [0.05, 0.1) is 23.3 Å². The first-order valence-electron chi connectivity index (χ1n) is 9.39. The van der Waals surface area contributed by atoms with E-state index in [2.05, 4.69) is 10.1 Å². The Labute approximate surface area is 178 Å². The van der Waals surface area contributed by atoms with Gasteiger partial charge >= 0.3 is 0 Å². The summed E-state index contributed by atoms with van der Waals surface area (Å²) in [6, 6.07) is 15.6. The molecule has 0 amide bonds. The van der Waals surface area contributed by atoms with Crippen LogP contribution in [0.1, 0.15) is 33.0 Å². The monoisotopic (exact) mass is 418 g/mol. The van der Waals surface area contributed by atoms with E-state index >= 15 is 0 Å². The van der Waals surface area contributed by atoms with Gasteiger partial charge in [0.1, 0.15) is 0 Å². The van der Waals surface area contributed by atoms with Gasteiger partial charge in [0.2, 0.25) is 5.78 Å². The van der Waals surface area contributed by atoms with Gasteiger partial charge in [-0.2, -0.15) is 9.78 Å². The number of carbonyl (C=O) groups excluding carboxylic acids is 1. The van der Waals surface area contributed by atoms with Crippen molar-refractivity contribution in [2.45, 2.75) is 13.3 Å². The number of rotatable bonds is 5. The van der Waals surface area contributed by atoms with Crippen molar-refractivity contribution < 1.29 is 4.79 Å². The molecule has 7 heteroatoms. The zero-order valence-corrected chi connectivity index (χ0v) is 17.3. The summed E-state index contributed by atoms with van der Waals surface area (Å²) >= 11 is 5.94. The van der Waals surface area contributed by atoms with Crippen LogP contribution in [0.2, 0.25) is 5.02 Å². The number of aryl methyl sites for hydroxylation is 1. The van der Waals surface area contributed by atoms with E-state index in [1.165, 1.54) is 10.7 Å². The number of hydrogen-bond acceptors (Lipinski definition) is 4. The zero-order chi connectivity index (χ0) is 21.3. The summed E-state index contributed by atoms with van der Waals surface area (Å²) in [6.45, 7) is 1.91. The molecule has 0 saturated carbocycles. The van der Waals surface area contributed by atoms with Crippen molar-refractivity contribution in [2.75, 3.05) is 0 Å². The lowest BCUT2D eigenvalue weighted by Crippen LogP contribution is -2.21. The smallest absolute Gasteiger partial charge is 0.271 e. The Kier molecular flexibility index (Phi) is 5.33. The van der Waals surface area contributed by atoms with Gasteiger partial charge in [-0.15, -0.1) is 0 Å². The minimum absolute atomic E-state index is 0.0637. The van der Waals surface area contributed by atoms with Crippen molar-refractivity contribution in [3.63, 3.8) is 0 Å². The van der Waals surface area contributed by atoms with Crippen LogP contribution in [0, 0.1) is 6.92 Å². The van der Waals surface area contributed by atoms with Crippen molar-refractivity contribution in [1.82, 2.24) is 19.3 Å². The fourth-order valence-corrected chi connectivity index (χ4v) is 3.58. The molecule has 0 aliphatic rings. The van der Waals surface area contributed by atoms with Gasteiger partial charge < -0.3 is 4.57 Å². The standard InChI is InChI=1S/C23H19ClN4O2/c1-15-12-20(27(2)22(15)23(30)16-5-7-17(24)8-6-16)13-18-9-10-21(29)28(26-18)19-4-3-11-25-14-19/h3-12,14H,13H2,1-2H3. The maximum atomic E-state index is 13.0. The second-order valence-corrected chi connectivity index (χ2v) is 7.46. The summed E-state index contributed by atoms with van der Waals surface area (Å²) in [5.74, 6) is -0.0637. The van der Waals surface area contributed by atoms with Crippen LogP contribution in [-0.4, -0.2) is 25.1 Å². The highest BCUT2D eigenvalue weighted by Gasteiger charge is 2.19. The average Bonchev–Trinajstić information content (AvgIpc) is 3.03. The second-order valence-electron chi connectivity index (χ2n) is 7.03. The number of aromatic nitrogens is 4. The third kappa shape index (κ3) is 3.82. The lowest BCUT2D eigenvalue weighted by Gasteiger charge is -2.09. The van der Waals surface area contributed by atoms with E-state index < -0.39 is 0 Å². The largest absolute Gasteiger partial charge is 0.344 e. The Morgan fingerprint density at radius 2 is 1.87 bits per heavy atom. The van der Waals surface area contributed by atoms with Gasteiger partial charge in [0, 0.05) is 42.0 Å². The molecule has 0 bridgehead atoms. The molecule has 6 nitrogen and oxygen atoms in total. The Balaban J connectivity index is 1.67. The van der Waals surface area contributed by atoms with Crippen molar-refractivity contribution in [3.8, 4) is 5.69 Å². The molecular formula is C23H19ClN4O2. The molecule has 0 aliphatic heterocycles. The highest BCUT2D eigenvalue weighted by molar-refractivity contribution is 6.30. The highest BCUT2D eigenvalue weighted by atomic mass is 35.5. The number of benzene rings is 1. The third-order valence-corrected chi connectivity index (χ3v) is 5.20. The maximum absolute atomic E-state index is 13.0. The molecule has 0 N–H and O–H groups in total. The number of ketones is 1. The van der Waals surface area contributed by atoms with E-state index in [1.807, 2.05) is 24.6 Å². The second kappa shape index (κ2) is 8.08. The van der Waals surface area contributed by atoms with Gasteiger partial charge in [0.25, 0.3) is 5.56 Å². The van der Waals surface area contributed by atoms with E-state index in [4.69, 9.17) is 11.6 Å². The zero-order valence-electron chi connectivity index (χ0n) is 16.5. The molecule has 0 radical (unpaired) electrons. The first-order valence-corrected chi connectivity index (χ1v) is 9.77. The average molecular weight is 419 g/mol. The van der Waals surface area contributed by atoms with E-state index in [0.29, 0.717) is 34.1 Å². The van der Waals surface area contributed by atoms with Gasteiger partial charge in [-0.3, -0.25) is 14.6 Å². The number of pyridine rings is 1. The minimum atomic E-state index is -0.228. The highest BCUT2D eigenvalue weighted by Crippen LogP contribution is 2.21. The fourth-order valence-electron chi connectivity index (χ4n) is 3.46. The van der Waals surface area contributed by atoms with E-state index in [1.54, 1.807) is 54.9 Å². The van der Waals surface area contributed by atoms with Crippen molar-refractivity contribution in [1.29, 1.82) is 0 Å². The van der Waals surface area contributed by atoms with Gasteiger partial charge in [-0.1, -0.05) is 11.6 Å². The SMILES string of the molecule is Cc1cc(Cc2ccc(=O)n(-c3cccnc3)n2)n(C)c1C(=O)c1ccc(Cl)cc1. The van der Waals surface area contributed by atoms with Crippen LogP contribution < -0.4 is 5.56 Å². The molecule has 0 aliphatic carbocycles. The molecule has 0 fully saturated rings. The van der Waals surface area contributed by atoms with Crippen LogP contribution in [0.15, 0.2) is 71.8 Å². The van der Waals surface area contributed by atoms with Gasteiger partial charge in [-0.25, -0.2) is 0 Å². The van der Waals surface area contributed by atoms with Gasteiger partial charge in [-0.05, 0) is 61.0 Å². The van der Waals surface area contributed by atoms with Gasteiger partial charge in [0.15, 0.2) is 0 Å². The van der Waals surface area contributed by atoms with E-state index in [9.17, 15) is 9.59 Å². The number of halogens is 1. The Bertz CT molecular complexity index is 1280. The molecule has 0 saturated heterocycles. The van der Waals surface area contributed by atoms with Crippen molar-refractivity contribution in [3.05, 3.63) is 111 Å². The molecule has 1 aromatic carbocycles. The predicted molar refractivity (Wildman–Crippen MR) is 115 cm³/mol. The van der Waals surface area contributed by atoms with Crippen molar-refractivity contribution >= 4 is 17.4 Å². The number of hydrogen-bond donors (Lipinski definition) is 0. The predicted octanol–water partition coefficient (Wildman–Crippen LogP) is 3.75. The molecule has 3 heterocycles. The quantitative estimate of drug-likeness (QED) is 0.463. The Morgan fingerprint density at radius 3 is 2.57 bits per heavy atom. The Morgan fingerprint density at radius 1 is 1.10 bits per heavy atom. The number of nitrogens with zero attached hydrogens (tertiary/aromatic N) is 4. The molecule has 0 atom stereocenters. The summed E-state index contributed by atoms with van der Waals surface area (Å²) in [4.78, 5) is 29.3. The third-order valence-electron chi connectivity index (χ3n) is 4.95. The first kappa shape index (κ1) is 19.8. The fraction of sp³-hybridized carbons (Fsp3) is 0.130. The summed E-state index contributed by atoms with van der Waals surface area (Å²) in [7, 11) is 1.86. The lowest BCUT2D eigenvalue weighted by molar-refractivity contribution is 0.103. The van der Waals surface area contributed by atoms with Crippen LogP contribution in [0.3, 0.4) is 0 Å². The molecule has 4 aromatic rings. The molecule has 150 valence electrons. The summed E-state index contributed by atoms with van der Waals surface area (Å²) < 4.78 is 3.21. The molecule has 4 rings (SSSR count). The lowest BCUT2D eigenvalue weighted by atomic mass is 10.1. The molecule has 0 unspecified atom stereocenters. The van der Waals surface area contributed by atoms with E-state index in [-0.39, 0.29) is 11.3 Å². The van der Waals surface area contributed by atoms with Crippen LogP contribution in [0.25, 0.3) is 5.69 Å². The van der Waals surface area contributed by atoms with Crippen LogP contribution >= 0.6 is 11.6 Å². The maximum Gasteiger partial charge on any atom is 0.271 e. The van der Waals surface area contributed by atoms with Crippen LogP contribution in [0.4, 0.5) is 0 Å². The topological polar surface area (TPSA) is 69.8 Å². The molecule has 0 spiro atoms. The molecule has 30 heavy (non-hydrogen) atoms. The number of carbonyl (C=O) groups is 1. The van der Waals surface area contributed by atoms with Crippen molar-refractivity contribution in [2.24, 2.45) is 7.05 Å². The first-order chi connectivity index (χ1) is 14.4. The van der Waals surface area contributed by atoms with Crippen LogP contribution in [0.5, 0.6) is 0 Å². The minimum Gasteiger partial charge on any atom is -0.344 e.